The Morgan fingerprint density at radius 2 is 1.50 bits per heavy atom. The van der Waals surface area contributed by atoms with Gasteiger partial charge in [-0.3, -0.25) is 4.98 Å². The van der Waals surface area contributed by atoms with Crippen LogP contribution in [0.5, 0.6) is 0 Å². The second kappa shape index (κ2) is 9.00. The molecule has 8 aromatic rings. The fourth-order valence-electron chi connectivity index (χ4n) is 5.68. The third kappa shape index (κ3) is 3.57. The minimum atomic E-state index is 0.937. The number of nitrogens with zero attached hydrogens (tertiary/aromatic N) is 5. The molecule has 0 spiro atoms. The molecule has 0 N–H and O–H groups in total. The van der Waals surface area contributed by atoms with Gasteiger partial charge in [-0.1, -0.05) is 48.5 Å². The Morgan fingerprint density at radius 1 is 0.625 bits per heavy atom. The first-order valence-electron chi connectivity index (χ1n) is 13.2. The summed E-state index contributed by atoms with van der Waals surface area (Å²) in [5.41, 5.74) is 9.70. The van der Waals surface area contributed by atoms with E-state index in [2.05, 4.69) is 117 Å². The average Bonchev–Trinajstić information content (AvgIpc) is 3.74. The van der Waals surface area contributed by atoms with Crippen LogP contribution in [0.4, 0.5) is 0 Å². The van der Waals surface area contributed by atoms with Crippen molar-refractivity contribution < 1.29 is 0 Å². The first-order valence-corrected chi connectivity index (χ1v) is 14.0. The van der Waals surface area contributed by atoms with Crippen molar-refractivity contribution in [1.29, 1.82) is 0 Å². The van der Waals surface area contributed by atoms with Crippen LogP contribution in [-0.4, -0.2) is 24.1 Å². The fraction of sp³-hybridized carbons (Fsp3) is 0.0294. The zero-order valence-electron chi connectivity index (χ0n) is 21.7. The summed E-state index contributed by atoms with van der Waals surface area (Å²) < 4.78 is 4.53. The van der Waals surface area contributed by atoms with Gasteiger partial charge in [0.2, 0.25) is 0 Å². The monoisotopic (exact) mass is 533 g/mol. The third-order valence-electron chi connectivity index (χ3n) is 7.56. The quantitative estimate of drug-likeness (QED) is 0.228. The van der Waals surface area contributed by atoms with Crippen molar-refractivity contribution in [1.82, 2.24) is 24.1 Å². The van der Waals surface area contributed by atoms with Crippen molar-refractivity contribution in [2.45, 2.75) is 0 Å². The Hall–Kier alpha value is -5.07. The molecule has 40 heavy (non-hydrogen) atoms. The second-order valence-electron chi connectivity index (χ2n) is 9.88. The van der Waals surface area contributed by atoms with E-state index < -0.39 is 0 Å². The van der Waals surface area contributed by atoms with Gasteiger partial charge in [-0.15, -0.1) is 11.3 Å². The van der Waals surface area contributed by atoms with Crippen LogP contribution >= 0.6 is 11.3 Å². The Morgan fingerprint density at radius 3 is 2.38 bits per heavy atom. The van der Waals surface area contributed by atoms with E-state index in [4.69, 9.17) is 4.98 Å². The number of fused-ring (bicyclic) bond motifs is 4. The van der Waals surface area contributed by atoms with Crippen LogP contribution in [0.2, 0.25) is 0 Å². The van der Waals surface area contributed by atoms with Crippen molar-refractivity contribution in [3.8, 4) is 38.9 Å². The van der Waals surface area contributed by atoms with Gasteiger partial charge in [0, 0.05) is 58.0 Å². The molecule has 0 saturated heterocycles. The fourth-order valence-corrected chi connectivity index (χ4v) is 6.32. The molecule has 6 heteroatoms. The van der Waals surface area contributed by atoms with Gasteiger partial charge in [0.1, 0.15) is 10.8 Å². The molecule has 0 bridgehead atoms. The van der Waals surface area contributed by atoms with Gasteiger partial charge in [0.15, 0.2) is 0 Å². The number of benzene rings is 4. The number of rotatable bonds is 4. The Balaban J connectivity index is 1.33. The minimum absolute atomic E-state index is 0.937. The molecule has 0 unspecified atom stereocenters. The standard InChI is InChI=1S/C34H23N5S/c1-38-31-15-13-24(34-36-17-18-40-34)20-29(31)37-33(38)23-12-14-27-26-9-2-3-11-30(26)39(32(27)21-23)25-8-6-7-22(19-25)28-10-4-5-16-35-28/h2-21H,1H3. The SMILES string of the molecule is Cn1c(-c2ccc3c4ccccc4n(-c4cccc(-c5ccccn5)c4)c3c2)nc2cc(-c3nccs3)ccc21. The van der Waals surface area contributed by atoms with Crippen molar-refractivity contribution in [2.24, 2.45) is 7.05 Å². The molecule has 4 heterocycles. The van der Waals surface area contributed by atoms with E-state index in [9.17, 15) is 0 Å². The number of pyridine rings is 1. The number of hydrogen-bond donors (Lipinski definition) is 0. The summed E-state index contributed by atoms with van der Waals surface area (Å²) in [5, 5.41) is 5.45. The smallest absolute Gasteiger partial charge is 0.140 e. The largest absolute Gasteiger partial charge is 0.327 e. The first kappa shape index (κ1) is 22.9. The molecule has 0 amide bonds. The third-order valence-corrected chi connectivity index (χ3v) is 8.38. The summed E-state index contributed by atoms with van der Waals surface area (Å²) in [5.74, 6) is 0.937. The highest BCUT2D eigenvalue weighted by atomic mass is 32.1. The van der Waals surface area contributed by atoms with Crippen LogP contribution in [0.25, 0.3) is 71.7 Å². The number of para-hydroxylation sites is 1. The van der Waals surface area contributed by atoms with E-state index >= 15 is 0 Å². The van der Waals surface area contributed by atoms with Crippen LogP contribution in [0.15, 0.2) is 121 Å². The average molecular weight is 534 g/mol. The number of aryl methyl sites for hydroxylation is 1. The molecule has 0 aliphatic rings. The minimum Gasteiger partial charge on any atom is -0.327 e. The Bertz CT molecular complexity index is 2170. The summed E-state index contributed by atoms with van der Waals surface area (Å²) in [7, 11) is 2.09. The van der Waals surface area contributed by atoms with E-state index in [0.29, 0.717) is 0 Å². The lowest BCUT2D eigenvalue weighted by molar-refractivity contribution is 0.959. The normalized spacial score (nSPS) is 11.6. The molecule has 190 valence electrons. The molecule has 4 aromatic carbocycles. The van der Waals surface area contributed by atoms with E-state index in [-0.39, 0.29) is 0 Å². The van der Waals surface area contributed by atoms with Gasteiger partial charge >= 0.3 is 0 Å². The molecular weight excluding hydrogens is 510 g/mol. The number of imidazole rings is 1. The Kier molecular flexibility index (Phi) is 5.15. The first-order chi connectivity index (χ1) is 19.7. The Labute approximate surface area is 234 Å². The molecule has 0 saturated carbocycles. The van der Waals surface area contributed by atoms with Crippen LogP contribution in [0, 0.1) is 0 Å². The molecule has 8 rings (SSSR count). The van der Waals surface area contributed by atoms with Gasteiger partial charge < -0.3 is 9.13 Å². The van der Waals surface area contributed by atoms with Crippen molar-refractivity contribution in [2.75, 3.05) is 0 Å². The topological polar surface area (TPSA) is 48.5 Å². The van der Waals surface area contributed by atoms with E-state index in [1.165, 1.54) is 16.3 Å². The maximum absolute atomic E-state index is 5.09. The molecule has 0 fully saturated rings. The van der Waals surface area contributed by atoms with Crippen molar-refractivity contribution >= 4 is 44.2 Å². The summed E-state index contributed by atoms with van der Waals surface area (Å²) in [6.45, 7) is 0. The highest BCUT2D eigenvalue weighted by molar-refractivity contribution is 7.13. The summed E-state index contributed by atoms with van der Waals surface area (Å²) in [4.78, 5) is 14.1. The van der Waals surface area contributed by atoms with Crippen molar-refractivity contribution in [3.05, 3.63) is 121 Å². The lowest BCUT2D eigenvalue weighted by Crippen LogP contribution is -1.96. The summed E-state index contributed by atoms with van der Waals surface area (Å²) >= 11 is 1.64. The maximum atomic E-state index is 5.09. The number of thiazole rings is 1. The lowest BCUT2D eigenvalue weighted by Gasteiger charge is -2.11. The zero-order valence-corrected chi connectivity index (χ0v) is 22.5. The van der Waals surface area contributed by atoms with Crippen LogP contribution in [0.1, 0.15) is 0 Å². The van der Waals surface area contributed by atoms with Gasteiger partial charge in [-0.05, 0) is 54.6 Å². The maximum Gasteiger partial charge on any atom is 0.140 e. The molecular formula is C34H23N5S. The lowest BCUT2D eigenvalue weighted by atomic mass is 10.1. The summed E-state index contributed by atoms with van der Waals surface area (Å²) in [6.07, 6.45) is 3.68. The van der Waals surface area contributed by atoms with E-state index in [1.54, 1.807) is 11.3 Å². The van der Waals surface area contributed by atoms with Gasteiger partial charge in [0.05, 0.1) is 27.8 Å². The molecule has 0 radical (unpaired) electrons. The van der Waals surface area contributed by atoms with E-state index in [0.717, 1.165) is 55.5 Å². The molecule has 0 aliphatic heterocycles. The predicted octanol–water partition coefficient (Wildman–Crippen LogP) is 8.52. The highest BCUT2D eigenvalue weighted by Gasteiger charge is 2.17. The predicted molar refractivity (Wildman–Crippen MR) is 165 cm³/mol. The molecule has 0 aliphatic carbocycles. The molecule has 4 aromatic heterocycles. The van der Waals surface area contributed by atoms with E-state index in [1.807, 2.05) is 29.9 Å². The zero-order chi connectivity index (χ0) is 26.6. The second-order valence-corrected chi connectivity index (χ2v) is 10.8. The number of aromatic nitrogens is 5. The van der Waals surface area contributed by atoms with Crippen LogP contribution in [-0.2, 0) is 7.05 Å². The van der Waals surface area contributed by atoms with Gasteiger partial charge in [0.25, 0.3) is 0 Å². The van der Waals surface area contributed by atoms with Gasteiger partial charge in [-0.2, -0.15) is 0 Å². The highest BCUT2D eigenvalue weighted by Crippen LogP contribution is 2.36. The summed E-state index contributed by atoms with van der Waals surface area (Å²) in [6, 6.07) is 36.3. The van der Waals surface area contributed by atoms with Gasteiger partial charge in [-0.25, -0.2) is 9.97 Å². The van der Waals surface area contributed by atoms with Crippen molar-refractivity contribution in [3.63, 3.8) is 0 Å². The van der Waals surface area contributed by atoms with Crippen LogP contribution < -0.4 is 0 Å². The van der Waals surface area contributed by atoms with Crippen LogP contribution in [0.3, 0.4) is 0 Å². The number of hydrogen-bond acceptors (Lipinski definition) is 4. The molecule has 5 nitrogen and oxygen atoms in total. The molecule has 0 atom stereocenters.